The minimum atomic E-state index is -4.57. The molecule has 0 aliphatic carbocycles. The fraction of sp³-hybridized carbons (Fsp3) is 0.500. The minimum absolute atomic E-state index is 0. The molecule has 0 unspecified atom stereocenters. The van der Waals surface area contributed by atoms with Gasteiger partial charge in [-0.2, -0.15) is 8.42 Å². The second-order valence-electron chi connectivity index (χ2n) is 2.58. The van der Waals surface area contributed by atoms with E-state index in [2.05, 4.69) is 4.18 Å². The summed E-state index contributed by atoms with van der Waals surface area (Å²) in [4.78, 5) is 32.3. The van der Waals surface area contributed by atoms with Crippen molar-refractivity contribution in [1.82, 2.24) is 4.31 Å². The first-order valence-electron chi connectivity index (χ1n) is 3.65. The standard InChI is InChI=1S/C6H7NO6S.Na.H/c1-4(8)13-14(11,12)7-5(9)2-3-6(7)10;;/h2-3H2,1H3;;/q;+1;-1. The number of hydrogen-bond acceptors (Lipinski definition) is 6. The number of carbonyl (C=O) groups excluding carboxylic acids is 3. The van der Waals surface area contributed by atoms with Crippen molar-refractivity contribution in [2.75, 3.05) is 0 Å². The summed E-state index contributed by atoms with van der Waals surface area (Å²) in [6, 6.07) is 0. The predicted octanol–water partition coefficient (Wildman–Crippen LogP) is -3.94. The smallest absolute Gasteiger partial charge is 1.00 e. The fourth-order valence-electron chi connectivity index (χ4n) is 0.991. The largest absolute Gasteiger partial charge is 1.00 e. The molecule has 1 rings (SSSR count). The van der Waals surface area contributed by atoms with Crippen molar-refractivity contribution >= 4 is 28.1 Å². The van der Waals surface area contributed by atoms with Gasteiger partial charge in [0.05, 0.1) is 0 Å². The predicted molar refractivity (Wildman–Crippen MR) is 42.9 cm³/mol. The Morgan fingerprint density at radius 3 is 2.07 bits per heavy atom. The summed E-state index contributed by atoms with van der Waals surface area (Å²) in [6.07, 6.45) is -0.362. The molecular weight excluding hydrogens is 237 g/mol. The van der Waals surface area contributed by atoms with Gasteiger partial charge in [-0.25, -0.2) is 0 Å². The van der Waals surface area contributed by atoms with Crippen LogP contribution in [0.1, 0.15) is 21.2 Å². The van der Waals surface area contributed by atoms with E-state index in [1.54, 1.807) is 0 Å². The Hall–Kier alpha value is -0.440. The molecule has 0 spiro atoms. The Balaban J connectivity index is 0. The van der Waals surface area contributed by atoms with E-state index >= 15 is 0 Å². The van der Waals surface area contributed by atoms with Gasteiger partial charge in [0.2, 0.25) is 11.8 Å². The second kappa shape index (κ2) is 5.06. The van der Waals surface area contributed by atoms with Crippen LogP contribution in [-0.4, -0.2) is 30.5 Å². The van der Waals surface area contributed by atoms with Crippen LogP contribution in [0.4, 0.5) is 0 Å². The summed E-state index contributed by atoms with van der Waals surface area (Å²) >= 11 is 0. The zero-order valence-electron chi connectivity index (χ0n) is 9.22. The van der Waals surface area contributed by atoms with Gasteiger partial charge in [-0.1, -0.05) is 0 Å². The number of nitrogens with zero attached hydrogens (tertiary/aromatic N) is 1. The summed E-state index contributed by atoms with van der Waals surface area (Å²) < 4.78 is 26.1. The molecule has 1 aliphatic heterocycles. The Kier molecular flexibility index (Phi) is 4.91. The summed E-state index contributed by atoms with van der Waals surface area (Å²) in [5.41, 5.74) is 0. The minimum Gasteiger partial charge on any atom is -1.00 e. The molecule has 15 heavy (non-hydrogen) atoms. The van der Waals surface area contributed by atoms with Crippen LogP contribution in [0.5, 0.6) is 0 Å². The molecule has 0 atom stereocenters. The monoisotopic (exact) mass is 245 g/mol. The van der Waals surface area contributed by atoms with Crippen molar-refractivity contribution in [3.63, 3.8) is 0 Å². The van der Waals surface area contributed by atoms with Gasteiger partial charge in [0.25, 0.3) is 0 Å². The average molecular weight is 245 g/mol. The normalized spacial score (nSPS) is 16.2. The van der Waals surface area contributed by atoms with Crippen LogP contribution in [0.3, 0.4) is 0 Å². The molecule has 0 aromatic rings. The zero-order valence-corrected chi connectivity index (χ0v) is 11.0. The molecule has 0 aromatic carbocycles. The molecular formula is C6H8NNaO6S. The van der Waals surface area contributed by atoms with E-state index in [4.69, 9.17) is 0 Å². The molecule has 1 saturated heterocycles. The van der Waals surface area contributed by atoms with E-state index < -0.39 is 28.1 Å². The van der Waals surface area contributed by atoms with E-state index in [0.29, 0.717) is 0 Å². The van der Waals surface area contributed by atoms with E-state index in [1.807, 2.05) is 0 Å². The molecule has 0 radical (unpaired) electrons. The maximum Gasteiger partial charge on any atom is 1.00 e. The summed E-state index contributed by atoms with van der Waals surface area (Å²) in [7, 11) is -4.57. The van der Waals surface area contributed by atoms with Gasteiger partial charge in [-0.15, -0.1) is 4.31 Å². The van der Waals surface area contributed by atoms with Crippen LogP contribution in [-0.2, 0) is 28.9 Å². The van der Waals surface area contributed by atoms with Gasteiger partial charge in [-0.05, 0) is 0 Å². The molecule has 0 saturated carbocycles. The third kappa shape index (κ3) is 3.26. The van der Waals surface area contributed by atoms with Crippen LogP contribution in [0.2, 0.25) is 0 Å². The van der Waals surface area contributed by atoms with E-state index in [1.165, 1.54) is 0 Å². The molecule has 1 fully saturated rings. The maximum atomic E-state index is 11.1. The molecule has 0 bridgehead atoms. The molecule has 0 N–H and O–H groups in total. The van der Waals surface area contributed by atoms with E-state index in [9.17, 15) is 22.8 Å². The zero-order chi connectivity index (χ0) is 10.9. The average Bonchev–Trinajstić information content (AvgIpc) is 2.27. The van der Waals surface area contributed by atoms with Crippen molar-refractivity contribution < 1.29 is 58.0 Å². The topological polar surface area (TPSA) is 97.8 Å². The van der Waals surface area contributed by atoms with Crippen LogP contribution < -0.4 is 29.6 Å². The van der Waals surface area contributed by atoms with E-state index in [0.717, 1.165) is 6.92 Å². The first-order valence-corrected chi connectivity index (χ1v) is 5.02. The number of amides is 2. The number of imide groups is 1. The first kappa shape index (κ1) is 14.6. The summed E-state index contributed by atoms with van der Waals surface area (Å²) in [5.74, 6) is -2.86. The number of rotatable bonds is 2. The van der Waals surface area contributed by atoms with Gasteiger partial charge in [0.15, 0.2) is 0 Å². The molecule has 1 aliphatic rings. The van der Waals surface area contributed by atoms with Gasteiger partial charge < -0.3 is 5.61 Å². The number of hydrogen-bond donors (Lipinski definition) is 0. The van der Waals surface area contributed by atoms with Crippen molar-refractivity contribution in [1.29, 1.82) is 0 Å². The summed E-state index contributed by atoms with van der Waals surface area (Å²) in [5, 5.41) is 0. The van der Waals surface area contributed by atoms with Crippen LogP contribution in [0.15, 0.2) is 0 Å². The Morgan fingerprint density at radius 1 is 1.33 bits per heavy atom. The molecule has 7 nitrogen and oxygen atoms in total. The van der Waals surface area contributed by atoms with Gasteiger partial charge in [-0.3, -0.25) is 14.4 Å². The van der Waals surface area contributed by atoms with Crippen molar-refractivity contribution in [2.45, 2.75) is 19.8 Å². The van der Waals surface area contributed by atoms with Crippen molar-refractivity contribution in [3.05, 3.63) is 0 Å². The maximum absolute atomic E-state index is 11.1. The third-order valence-electron chi connectivity index (χ3n) is 1.45. The van der Waals surface area contributed by atoms with Gasteiger partial charge in [0, 0.05) is 19.8 Å². The quantitative estimate of drug-likeness (QED) is 0.364. The molecule has 0 aromatic heterocycles. The Bertz CT molecular complexity index is 391. The molecule has 2 amide bonds. The molecule has 80 valence electrons. The van der Waals surface area contributed by atoms with Gasteiger partial charge in [0.1, 0.15) is 0 Å². The Morgan fingerprint density at radius 2 is 1.73 bits per heavy atom. The molecule has 1 heterocycles. The SMILES string of the molecule is CC(=O)OS(=O)(=O)N1C(=O)CCC1=O.[H-].[Na+]. The second-order valence-corrected chi connectivity index (χ2v) is 3.97. The van der Waals surface area contributed by atoms with Crippen molar-refractivity contribution in [3.8, 4) is 0 Å². The molecule has 9 heteroatoms. The van der Waals surface area contributed by atoms with Crippen LogP contribution in [0, 0.1) is 0 Å². The Labute approximate surface area is 110 Å². The van der Waals surface area contributed by atoms with Crippen LogP contribution >= 0.6 is 0 Å². The van der Waals surface area contributed by atoms with Crippen LogP contribution in [0.25, 0.3) is 0 Å². The van der Waals surface area contributed by atoms with Crippen molar-refractivity contribution in [2.24, 2.45) is 0 Å². The van der Waals surface area contributed by atoms with E-state index in [-0.39, 0.29) is 48.1 Å². The number of carbonyl (C=O) groups is 3. The third-order valence-corrected chi connectivity index (χ3v) is 2.75. The summed E-state index contributed by atoms with van der Waals surface area (Å²) in [6.45, 7) is 0.864. The first-order chi connectivity index (χ1) is 6.34. The van der Waals surface area contributed by atoms with Gasteiger partial charge >= 0.3 is 45.8 Å². The fourth-order valence-corrected chi connectivity index (χ4v) is 2.04.